The van der Waals surface area contributed by atoms with E-state index in [4.69, 9.17) is 9.47 Å². The van der Waals surface area contributed by atoms with Gasteiger partial charge < -0.3 is 9.47 Å². The Morgan fingerprint density at radius 3 is 2.45 bits per heavy atom. The van der Waals surface area contributed by atoms with Gasteiger partial charge >= 0.3 is 0 Å². The molecule has 0 atom stereocenters. The smallest absolute Gasteiger partial charge is 0.167 e. The zero-order chi connectivity index (χ0) is 21.5. The Labute approximate surface area is 184 Å². The molecule has 0 aliphatic carbocycles. The van der Waals surface area contributed by atoms with Crippen LogP contribution in [0.5, 0.6) is 11.5 Å². The number of piperidine rings is 1. The van der Waals surface area contributed by atoms with Crippen molar-refractivity contribution in [1.82, 2.24) is 4.90 Å². The molecule has 162 valence electrons. The van der Waals surface area contributed by atoms with Crippen molar-refractivity contribution >= 4 is 16.6 Å². The van der Waals surface area contributed by atoms with Crippen LogP contribution in [0.1, 0.15) is 37.3 Å². The van der Waals surface area contributed by atoms with E-state index in [0.29, 0.717) is 0 Å². The first-order valence-electron chi connectivity index (χ1n) is 11.3. The Morgan fingerprint density at radius 1 is 0.903 bits per heavy atom. The maximum Gasteiger partial charge on any atom is 0.167 e. The van der Waals surface area contributed by atoms with Gasteiger partial charge in [-0.05, 0) is 67.4 Å². The third kappa shape index (κ3) is 5.86. The highest BCUT2D eigenvalue weighted by Crippen LogP contribution is 2.31. The quantitative estimate of drug-likeness (QED) is 0.476. The minimum absolute atomic E-state index is 0.0187. The topological polar surface area (TPSA) is 38.8 Å². The normalized spacial score (nSPS) is 14.5. The van der Waals surface area contributed by atoms with Gasteiger partial charge in [0.15, 0.2) is 5.78 Å². The van der Waals surface area contributed by atoms with Crippen LogP contribution in [0.4, 0.5) is 0 Å². The summed E-state index contributed by atoms with van der Waals surface area (Å²) in [5.74, 6) is 1.70. The van der Waals surface area contributed by atoms with Crippen LogP contribution in [0.15, 0.2) is 60.7 Å². The highest BCUT2D eigenvalue weighted by Gasteiger charge is 2.12. The van der Waals surface area contributed by atoms with Crippen molar-refractivity contribution < 1.29 is 14.3 Å². The molecule has 1 aliphatic heterocycles. The Hall–Kier alpha value is -2.85. The van der Waals surface area contributed by atoms with Crippen LogP contribution >= 0.6 is 0 Å². The number of Topliss-reactive ketones (excluding diaryl/α,β-unsaturated/α-hetero) is 1. The summed E-state index contributed by atoms with van der Waals surface area (Å²) in [4.78, 5) is 13.9. The molecule has 0 bridgehead atoms. The Kier molecular flexibility index (Phi) is 7.21. The summed E-state index contributed by atoms with van der Waals surface area (Å²) in [7, 11) is 0. The van der Waals surface area contributed by atoms with E-state index in [1.54, 1.807) is 6.92 Å². The van der Waals surface area contributed by atoms with Crippen molar-refractivity contribution in [2.45, 2.75) is 32.6 Å². The SMILES string of the molecule is CC(=O)COc1ccc2ccccc2c1Cc1ccc(OCCN2CCCCC2)cc1. The molecule has 1 aliphatic rings. The lowest BCUT2D eigenvalue weighted by atomic mass is 9.97. The lowest BCUT2D eigenvalue weighted by molar-refractivity contribution is -0.118. The van der Waals surface area contributed by atoms with Crippen molar-refractivity contribution in [3.8, 4) is 11.5 Å². The molecule has 0 spiro atoms. The van der Waals surface area contributed by atoms with Gasteiger partial charge in [0.1, 0.15) is 24.7 Å². The van der Waals surface area contributed by atoms with Gasteiger partial charge in [0, 0.05) is 18.5 Å². The standard InChI is InChI=1S/C27H31NO3/c1-21(29)20-31-27-14-11-23-7-3-4-8-25(23)26(27)19-22-9-12-24(13-10-22)30-18-17-28-15-5-2-6-16-28/h3-4,7-14H,2,5-6,15-20H2,1H3. The monoisotopic (exact) mass is 417 g/mol. The van der Waals surface area contributed by atoms with Gasteiger partial charge in [0.05, 0.1) is 0 Å². The first-order valence-corrected chi connectivity index (χ1v) is 11.3. The number of ether oxygens (including phenoxy) is 2. The van der Waals surface area contributed by atoms with Crippen molar-refractivity contribution in [3.05, 3.63) is 71.8 Å². The molecule has 4 nitrogen and oxygen atoms in total. The number of ketones is 1. The molecule has 1 saturated heterocycles. The van der Waals surface area contributed by atoms with Crippen LogP contribution < -0.4 is 9.47 Å². The van der Waals surface area contributed by atoms with Gasteiger partial charge in [-0.15, -0.1) is 0 Å². The van der Waals surface area contributed by atoms with Crippen LogP contribution in [-0.2, 0) is 11.2 Å². The van der Waals surface area contributed by atoms with E-state index in [1.165, 1.54) is 43.3 Å². The fourth-order valence-corrected chi connectivity index (χ4v) is 4.20. The van der Waals surface area contributed by atoms with E-state index in [-0.39, 0.29) is 12.4 Å². The second kappa shape index (κ2) is 10.5. The van der Waals surface area contributed by atoms with E-state index in [2.05, 4.69) is 29.2 Å². The second-order valence-corrected chi connectivity index (χ2v) is 8.33. The van der Waals surface area contributed by atoms with E-state index in [0.717, 1.165) is 42.0 Å². The molecule has 1 heterocycles. The summed E-state index contributed by atoms with van der Waals surface area (Å²) in [5, 5.41) is 2.33. The summed E-state index contributed by atoms with van der Waals surface area (Å²) in [6.07, 6.45) is 4.71. The number of rotatable bonds is 9. The average molecular weight is 418 g/mol. The number of nitrogens with zero attached hydrogens (tertiary/aromatic N) is 1. The molecular formula is C27H31NO3. The van der Waals surface area contributed by atoms with E-state index >= 15 is 0 Å². The van der Waals surface area contributed by atoms with Crippen LogP contribution in [0.3, 0.4) is 0 Å². The number of fused-ring (bicyclic) bond motifs is 1. The number of carbonyl (C=O) groups is 1. The van der Waals surface area contributed by atoms with E-state index in [1.807, 2.05) is 36.4 Å². The summed E-state index contributed by atoms with van der Waals surface area (Å²) in [6.45, 7) is 5.75. The fourth-order valence-electron chi connectivity index (χ4n) is 4.20. The molecule has 0 N–H and O–H groups in total. The van der Waals surface area contributed by atoms with E-state index in [9.17, 15) is 4.79 Å². The van der Waals surface area contributed by atoms with Crippen LogP contribution in [0.25, 0.3) is 10.8 Å². The van der Waals surface area contributed by atoms with Crippen LogP contribution in [0, 0.1) is 0 Å². The Bertz CT molecular complexity index is 1010. The van der Waals surface area contributed by atoms with Gasteiger partial charge in [-0.1, -0.05) is 48.9 Å². The molecule has 0 radical (unpaired) electrons. The third-order valence-corrected chi connectivity index (χ3v) is 5.86. The Balaban J connectivity index is 1.44. The molecule has 4 heteroatoms. The molecule has 31 heavy (non-hydrogen) atoms. The number of benzene rings is 3. The summed E-state index contributed by atoms with van der Waals surface area (Å²) in [5.41, 5.74) is 2.30. The van der Waals surface area contributed by atoms with Crippen molar-refractivity contribution in [3.63, 3.8) is 0 Å². The fraction of sp³-hybridized carbons (Fsp3) is 0.370. The molecule has 0 amide bonds. The maximum atomic E-state index is 11.4. The summed E-state index contributed by atoms with van der Waals surface area (Å²) < 4.78 is 11.8. The highest BCUT2D eigenvalue weighted by atomic mass is 16.5. The van der Waals surface area contributed by atoms with Gasteiger partial charge in [0.2, 0.25) is 0 Å². The van der Waals surface area contributed by atoms with Crippen LogP contribution in [0.2, 0.25) is 0 Å². The molecule has 0 saturated carbocycles. The summed E-state index contributed by atoms with van der Waals surface area (Å²) >= 11 is 0. The minimum atomic E-state index is 0.0187. The van der Waals surface area contributed by atoms with Crippen molar-refractivity contribution in [2.75, 3.05) is 32.8 Å². The van der Waals surface area contributed by atoms with Crippen molar-refractivity contribution in [2.24, 2.45) is 0 Å². The van der Waals surface area contributed by atoms with Gasteiger partial charge in [0.25, 0.3) is 0 Å². The maximum absolute atomic E-state index is 11.4. The van der Waals surface area contributed by atoms with Gasteiger partial charge in [-0.2, -0.15) is 0 Å². The van der Waals surface area contributed by atoms with Crippen LogP contribution in [-0.4, -0.2) is 43.5 Å². The zero-order valence-electron chi connectivity index (χ0n) is 18.3. The predicted molar refractivity (Wildman–Crippen MR) is 125 cm³/mol. The number of hydrogen-bond donors (Lipinski definition) is 0. The largest absolute Gasteiger partial charge is 0.492 e. The summed E-state index contributed by atoms with van der Waals surface area (Å²) in [6, 6.07) is 20.7. The molecular weight excluding hydrogens is 386 g/mol. The molecule has 0 aromatic heterocycles. The first-order chi connectivity index (χ1) is 15.2. The number of likely N-dealkylation sites (tertiary alicyclic amines) is 1. The van der Waals surface area contributed by atoms with E-state index < -0.39 is 0 Å². The number of hydrogen-bond acceptors (Lipinski definition) is 4. The number of carbonyl (C=O) groups excluding carboxylic acids is 1. The minimum Gasteiger partial charge on any atom is -0.492 e. The zero-order valence-corrected chi connectivity index (χ0v) is 18.3. The molecule has 3 aromatic carbocycles. The lowest BCUT2D eigenvalue weighted by Gasteiger charge is -2.26. The molecule has 1 fully saturated rings. The highest BCUT2D eigenvalue weighted by molar-refractivity contribution is 5.88. The third-order valence-electron chi connectivity index (χ3n) is 5.86. The average Bonchev–Trinajstić information content (AvgIpc) is 2.80. The first kappa shape index (κ1) is 21.4. The molecule has 0 unspecified atom stereocenters. The predicted octanol–water partition coefficient (Wildman–Crippen LogP) is 5.26. The van der Waals surface area contributed by atoms with Gasteiger partial charge in [-0.25, -0.2) is 0 Å². The molecule has 3 aromatic rings. The Morgan fingerprint density at radius 2 is 1.68 bits per heavy atom. The lowest BCUT2D eigenvalue weighted by Crippen LogP contribution is -2.33. The second-order valence-electron chi connectivity index (χ2n) is 8.33. The van der Waals surface area contributed by atoms with Crippen molar-refractivity contribution in [1.29, 1.82) is 0 Å². The van der Waals surface area contributed by atoms with Gasteiger partial charge in [-0.3, -0.25) is 9.69 Å². The molecule has 4 rings (SSSR count).